The predicted octanol–water partition coefficient (Wildman–Crippen LogP) is 7.11. The summed E-state index contributed by atoms with van der Waals surface area (Å²) in [7, 11) is -4.23. The van der Waals surface area contributed by atoms with Crippen LogP contribution in [0.1, 0.15) is 27.6 Å². The van der Waals surface area contributed by atoms with Crippen LogP contribution in [0.25, 0.3) is 10.9 Å². The molecule has 214 valence electrons. The Balaban J connectivity index is 1.40. The molecule has 0 saturated carbocycles. The molecule has 0 aliphatic carbocycles. The highest BCUT2D eigenvalue weighted by atomic mass is 35.5. The number of hydrogen-bond acceptors (Lipinski definition) is 5. The molecule has 42 heavy (non-hydrogen) atoms. The number of halogens is 3. The first-order valence-corrected chi connectivity index (χ1v) is 16.2. The normalized spacial score (nSPS) is 15.2. The van der Waals surface area contributed by atoms with Gasteiger partial charge in [-0.1, -0.05) is 59.6 Å². The molecular formula is C31H24Cl2FN3O3S2. The molecule has 6 nitrogen and oxygen atoms in total. The van der Waals surface area contributed by atoms with Gasteiger partial charge in [0.05, 0.1) is 18.1 Å². The second-order valence-electron chi connectivity index (χ2n) is 9.94. The fraction of sp³-hybridized carbons (Fsp3) is 0.161. The molecule has 1 atom stereocenters. The van der Waals surface area contributed by atoms with Gasteiger partial charge in [-0.25, -0.2) is 12.8 Å². The standard InChI is InChI=1S/C31H24Cl2FN3O3S2/c32-22-8-11-24(26(33)17-22)31-25-13-16-41-27(25)12-15-37(31)29(38)19-36(18-20-6-9-23(34)10-7-20)42(39,40)28-5-1-3-21-4-2-14-35-30(21)28/h1-11,13-14,16-17,31H,12,15,18-19H2. The SMILES string of the molecule is O=C(CN(Cc1ccc(F)cc1)S(=O)(=O)c1cccc2cccnc12)N1CCc2sccc2C1c1ccc(Cl)cc1Cl. The molecule has 0 fully saturated rings. The minimum atomic E-state index is -4.23. The van der Waals surface area contributed by atoms with E-state index < -0.39 is 28.4 Å². The average molecular weight is 641 g/mol. The van der Waals surface area contributed by atoms with E-state index in [1.807, 2.05) is 11.4 Å². The Morgan fingerprint density at radius 2 is 1.81 bits per heavy atom. The first kappa shape index (κ1) is 28.8. The monoisotopic (exact) mass is 639 g/mol. The number of hydrogen-bond donors (Lipinski definition) is 0. The average Bonchev–Trinajstić information content (AvgIpc) is 3.46. The van der Waals surface area contributed by atoms with Crippen LogP contribution in [0.15, 0.2) is 95.3 Å². The lowest BCUT2D eigenvalue weighted by Gasteiger charge is -2.38. The van der Waals surface area contributed by atoms with E-state index in [1.165, 1.54) is 36.5 Å². The van der Waals surface area contributed by atoms with Crippen LogP contribution in [-0.4, -0.2) is 41.6 Å². The Morgan fingerprint density at radius 3 is 2.60 bits per heavy atom. The first-order chi connectivity index (χ1) is 20.2. The van der Waals surface area contributed by atoms with Gasteiger partial charge in [-0.2, -0.15) is 4.31 Å². The fourth-order valence-electron chi connectivity index (χ4n) is 5.33. The number of rotatable bonds is 7. The van der Waals surface area contributed by atoms with Crippen LogP contribution in [0, 0.1) is 5.82 Å². The zero-order valence-electron chi connectivity index (χ0n) is 22.1. The molecule has 1 unspecified atom stereocenters. The van der Waals surface area contributed by atoms with E-state index in [9.17, 15) is 17.6 Å². The number of amides is 1. The van der Waals surface area contributed by atoms with Gasteiger partial charge in [-0.3, -0.25) is 9.78 Å². The lowest BCUT2D eigenvalue weighted by atomic mass is 9.93. The van der Waals surface area contributed by atoms with Gasteiger partial charge in [0.15, 0.2) is 0 Å². The molecule has 0 N–H and O–H groups in total. The van der Waals surface area contributed by atoms with Gasteiger partial charge in [0.2, 0.25) is 15.9 Å². The topological polar surface area (TPSA) is 70.6 Å². The zero-order chi connectivity index (χ0) is 29.4. The van der Waals surface area contributed by atoms with E-state index >= 15 is 0 Å². The summed E-state index contributed by atoms with van der Waals surface area (Å²) in [6, 6.07) is 20.6. The number of fused-ring (bicyclic) bond motifs is 2. The van der Waals surface area contributed by atoms with Gasteiger partial charge in [-0.15, -0.1) is 11.3 Å². The summed E-state index contributed by atoms with van der Waals surface area (Å²) in [4.78, 5) is 21.3. The van der Waals surface area contributed by atoms with E-state index in [2.05, 4.69) is 4.98 Å². The number of pyridine rings is 1. The van der Waals surface area contributed by atoms with E-state index in [0.717, 1.165) is 14.7 Å². The fourth-order valence-corrected chi connectivity index (χ4v) is 8.29. The lowest BCUT2D eigenvalue weighted by Crippen LogP contribution is -2.46. The number of para-hydroxylation sites is 1. The Hall–Kier alpha value is -3.34. The molecule has 0 saturated heterocycles. The highest BCUT2D eigenvalue weighted by molar-refractivity contribution is 7.89. The molecule has 11 heteroatoms. The summed E-state index contributed by atoms with van der Waals surface area (Å²) >= 11 is 14.4. The van der Waals surface area contributed by atoms with E-state index in [0.29, 0.717) is 45.0 Å². The molecular weight excluding hydrogens is 616 g/mol. The molecule has 0 radical (unpaired) electrons. The highest BCUT2D eigenvalue weighted by Crippen LogP contribution is 2.41. The Labute approximate surface area is 257 Å². The van der Waals surface area contributed by atoms with Crippen LogP contribution in [-0.2, 0) is 27.8 Å². The first-order valence-electron chi connectivity index (χ1n) is 13.1. The number of thiophene rings is 1. The maximum Gasteiger partial charge on any atom is 0.246 e. The van der Waals surface area contributed by atoms with Crippen LogP contribution in [0.5, 0.6) is 0 Å². The highest BCUT2D eigenvalue weighted by Gasteiger charge is 2.37. The second-order valence-corrected chi connectivity index (χ2v) is 13.7. The summed E-state index contributed by atoms with van der Waals surface area (Å²) in [6.45, 7) is -0.193. The molecule has 0 spiro atoms. The molecule has 5 aromatic rings. The minimum absolute atomic E-state index is 0.00780. The Bertz CT molecular complexity index is 1890. The van der Waals surface area contributed by atoms with Crippen molar-refractivity contribution >= 4 is 61.4 Å². The van der Waals surface area contributed by atoms with Gasteiger partial charge >= 0.3 is 0 Å². The van der Waals surface area contributed by atoms with Crippen molar-refractivity contribution in [3.63, 3.8) is 0 Å². The third kappa shape index (κ3) is 5.55. The van der Waals surface area contributed by atoms with Crippen LogP contribution < -0.4 is 0 Å². The van der Waals surface area contributed by atoms with Crippen molar-refractivity contribution in [1.82, 2.24) is 14.2 Å². The predicted molar refractivity (Wildman–Crippen MR) is 164 cm³/mol. The van der Waals surface area contributed by atoms with E-state index in [-0.39, 0.29) is 17.3 Å². The molecule has 2 aromatic heterocycles. The van der Waals surface area contributed by atoms with Crippen molar-refractivity contribution < 1.29 is 17.6 Å². The summed E-state index contributed by atoms with van der Waals surface area (Å²) in [5, 5.41) is 3.53. The lowest BCUT2D eigenvalue weighted by molar-refractivity contribution is -0.133. The van der Waals surface area contributed by atoms with Crippen molar-refractivity contribution in [1.29, 1.82) is 0 Å². The van der Waals surface area contributed by atoms with Gasteiger partial charge in [0, 0.05) is 39.6 Å². The van der Waals surface area contributed by atoms with Crippen molar-refractivity contribution in [2.24, 2.45) is 0 Å². The number of aromatic nitrogens is 1. The summed E-state index contributed by atoms with van der Waals surface area (Å²) in [5.74, 6) is -0.827. The molecule has 1 aliphatic rings. The van der Waals surface area contributed by atoms with Crippen molar-refractivity contribution in [2.75, 3.05) is 13.1 Å². The minimum Gasteiger partial charge on any atom is -0.330 e. The van der Waals surface area contributed by atoms with Gasteiger partial charge in [0.1, 0.15) is 10.7 Å². The molecule has 6 rings (SSSR count). The molecule has 3 aromatic carbocycles. The second kappa shape index (κ2) is 11.7. The maximum absolute atomic E-state index is 14.2. The molecule has 1 aliphatic heterocycles. The summed E-state index contributed by atoms with van der Waals surface area (Å²) in [6.07, 6.45) is 2.17. The van der Waals surface area contributed by atoms with Gasteiger partial charge < -0.3 is 4.90 Å². The zero-order valence-corrected chi connectivity index (χ0v) is 25.2. The van der Waals surface area contributed by atoms with Gasteiger partial charge in [0.25, 0.3) is 0 Å². The molecule has 3 heterocycles. The largest absolute Gasteiger partial charge is 0.330 e. The third-order valence-electron chi connectivity index (χ3n) is 7.34. The van der Waals surface area contributed by atoms with Gasteiger partial charge in [-0.05, 0) is 71.0 Å². The Morgan fingerprint density at radius 1 is 1.02 bits per heavy atom. The van der Waals surface area contributed by atoms with Crippen LogP contribution in [0.2, 0.25) is 10.0 Å². The van der Waals surface area contributed by atoms with Crippen molar-refractivity contribution in [3.8, 4) is 0 Å². The number of carbonyl (C=O) groups is 1. The van der Waals surface area contributed by atoms with Crippen LogP contribution >= 0.6 is 34.5 Å². The summed E-state index contributed by atoms with van der Waals surface area (Å²) < 4.78 is 43.3. The van der Waals surface area contributed by atoms with E-state index in [1.54, 1.807) is 58.7 Å². The number of carbonyl (C=O) groups excluding carboxylic acids is 1. The van der Waals surface area contributed by atoms with Crippen molar-refractivity contribution in [3.05, 3.63) is 128 Å². The maximum atomic E-state index is 14.2. The Kier molecular flexibility index (Phi) is 8.04. The number of benzene rings is 3. The smallest absolute Gasteiger partial charge is 0.246 e. The summed E-state index contributed by atoms with van der Waals surface area (Å²) in [5.41, 5.74) is 2.51. The molecule has 1 amide bonds. The van der Waals surface area contributed by atoms with Crippen LogP contribution in [0.4, 0.5) is 4.39 Å². The quantitative estimate of drug-likeness (QED) is 0.190. The molecule has 0 bridgehead atoms. The van der Waals surface area contributed by atoms with Crippen molar-refractivity contribution in [2.45, 2.75) is 23.9 Å². The number of sulfonamides is 1. The third-order valence-corrected chi connectivity index (χ3v) is 10.7. The van der Waals surface area contributed by atoms with Crippen LogP contribution in [0.3, 0.4) is 0 Å². The van der Waals surface area contributed by atoms with E-state index in [4.69, 9.17) is 23.2 Å². The number of nitrogens with zero attached hydrogens (tertiary/aromatic N) is 3.